The quantitative estimate of drug-likeness (QED) is 0.395. The van der Waals surface area contributed by atoms with Gasteiger partial charge in [-0.2, -0.15) is 5.10 Å². The van der Waals surface area contributed by atoms with Gasteiger partial charge in [0, 0.05) is 51.5 Å². The molecule has 31 heavy (non-hydrogen) atoms. The smallest absolute Gasteiger partial charge is 0.155 e. The molecule has 4 aromatic rings. The van der Waals surface area contributed by atoms with E-state index in [0.29, 0.717) is 22.3 Å². The lowest BCUT2D eigenvalue weighted by Crippen LogP contribution is -2.19. The highest BCUT2D eigenvalue weighted by atomic mass is 35.5. The van der Waals surface area contributed by atoms with Gasteiger partial charge in [-0.1, -0.05) is 17.7 Å². The number of nitrogens with one attached hydrogen (secondary N) is 2. The van der Waals surface area contributed by atoms with Gasteiger partial charge in [0.15, 0.2) is 5.65 Å². The summed E-state index contributed by atoms with van der Waals surface area (Å²) in [6.07, 6.45) is 1.49. The van der Waals surface area contributed by atoms with Crippen molar-refractivity contribution in [2.45, 2.75) is 12.6 Å². The second kappa shape index (κ2) is 8.83. The molecule has 0 radical (unpaired) electrons. The Labute approximate surface area is 183 Å². The molecule has 162 valence electrons. The average molecular weight is 466 g/mol. The minimum atomic E-state index is -2.50. The molecule has 0 aliphatic rings. The number of hydrogen-bond acceptors (Lipinski definition) is 5. The number of hydrogen-bond donors (Lipinski definition) is 2. The van der Waals surface area contributed by atoms with Crippen LogP contribution in [0.4, 0.5) is 8.78 Å². The maximum Gasteiger partial charge on any atom is 0.155 e. The summed E-state index contributed by atoms with van der Waals surface area (Å²) in [5, 5.41) is 8.94. The molecule has 0 bridgehead atoms. The molecule has 0 amide bonds. The number of aromatic amines is 1. The monoisotopic (exact) mass is 465 g/mol. The van der Waals surface area contributed by atoms with Gasteiger partial charge in [0.05, 0.1) is 18.3 Å². The van der Waals surface area contributed by atoms with E-state index in [1.807, 2.05) is 0 Å². The van der Waals surface area contributed by atoms with Crippen LogP contribution in [0.2, 0.25) is 5.02 Å². The molecular formula is C20H16ClF2N4O3S-. The lowest BCUT2D eigenvalue weighted by molar-refractivity contribution is 0.324. The third-order valence-electron chi connectivity index (χ3n) is 4.96. The number of alkyl halides is 1. The van der Waals surface area contributed by atoms with Crippen molar-refractivity contribution in [2.75, 3.05) is 13.7 Å². The molecule has 0 fully saturated rings. The first-order chi connectivity index (χ1) is 14.9. The van der Waals surface area contributed by atoms with E-state index in [4.69, 9.17) is 16.3 Å². The highest BCUT2D eigenvalue weighted by Gasteiger charge is 2.23. The van der Waals surface area contributed by atoms with E-state index in [9.17, 15) is 17.5 Å². The van der Waals surface area contributed by atoms with Crippen molar-refractivity contribution < 1.29 is 22.3 Å². The van der Waals surface area contributed by atoms with Crippen molar-refractivity contribution >= 4 is 44.7 Å². The molecule has 0 saturated heterocycles. The second-order valence-electron chi connectivity index (χ2n) is 6.74. The topological polar surface area (TPSA) is 103 Å². The highest BCUT2D eigenvalue weighted by molar-refractivity contribution is 7.77. The zero-order valence-corrected chi connectivity index (χ0v) is 17.7. The molecule has 4 rings (SSSR count). The summed E-state index contributed by atoms with van der Waals surface area (Å²) in [6, 6.07) is 5.79. The van der Waals surface area contributed by atoms with Crippen LogP contribution in [0.3, 0.4) is 0 Å². The minimum absolute atomic E-state index is 0.00628. The third kappa shape index (κ3) is 4.11. The highest BCUT2D eigenvalue weighted by Crippen LogP contribution is 2.43. The number of benzene rings is 2. The number of pyridine rings is 1. The predicted molar refractivity (Wildman–Crippen MR) is 114 cm³/mol. The van der Waals surface area contributed by atoms with Crippen LogP contribution in [-0.4, -0.2) is 37.6 Å². The lowest BCUT2D eigenvalue weighted by atomic mass is 9.96. The Morgan fingerprint density at radius 3 is 2.87 bits per heavy atom. The fourth-order valence-corrected chi connectivity index (χ4v) is 4.15. The van der Waals surface area contributed by atoms with Crippen molar-refractivity contribution in [3.63, 3.8) is 0 Å². The third-order valence-corrected chi connectivity index (χ3v) is 5.81. The lowest BCUT2D eigenvalue weighted by Gasteiger charge is -2.17. The minimum Gasteiger partial charge on any atom is -0.760 e. The molecule has 2 unspecified atom stereocenters. The van der Waals surface area contributed by atoms with E-state index < -0.39 is 23.3 Å². The van der Waals surface area contributed by atoms with Crippen LogP contribution in [-0.2, 0) is 11.3 Å². The maximum atomic E-state index is 14.9. The van der Waals surface area contributed by atoms with Gasteiger partial charge in [0.1, 0.15) is 17.7 Å². The van der Waals surface area contributed by atoms with E-state index in [1.54, 1.807) is 24.5 Å². The second-order valence-corrected chi connectivity index (χ2v) is 7.88. The van der Waals surface area contributed by atoms with Gasteiger partial charge in [0.2, 0.25) is 0 Å². The number of nitrogens with zero attached hydrogens (tertiary/aromatic N) is 2. The Balaban J connectivity index is 1.83. The molecule has 2 aromatic carbocycles. The summed E-state index contributed by atoms with van der Waals surface area (Å²) in [6.45, 7) is -0.119. The Hall–Kier alpha value is -2.66. The van der Waals surface area contributed by atoms with Gasteiger partial charge in [-0.3, -0.25) is 9.31 Å². The molecule has 11 heteroatoms. The molecule has 2 aromatic heterocycles. The SMILES string of the molecule is COc1cc2c(cnc3[nH]ncc32)cc1-c1c(F)ccc(C(F)CCNS(=O)[O-])c1Cl. The van der Waals surface area contributed by atoms with Crippen LogP contribution in [0.5, 0.6) is 5.75 Å². The van der Waals surface area contributed by atoms with E-state index in [-0.39, 0.29) is 29.1 Å². The van der Waals surface area contributed by atoms with Crippen LogP contribution in [0.15, 0.2) is 36.7 Å². The molecule has 0 aliphatic heterocycles. The Kier molecular flexibility index (Phi) is 6.15. The molecular weight excluding hydrogens is 450 g/mol. The average Bonchev–Trinajstić information content (AvgIpc) is 3.22. The van der Waals surface area contributed by atoms with Gasteiger partial charge in [-0.05, 0) is 30.0 Å². The molecule has 0 saturated carbocycles. The molecule has 2 N–H and O–H groups in total. The van der Waals surface area contributed by atoms with Crippen LogP contribution in [0.25, 0.3) is 32.9 Å². The number of H-pyrrole nitrogens is 1. The first kappa shape index (κ1) is 21.6. The Morgan fingerprint density at radius 1 is 1.32 bits per heavy atom. The number of rotatable bonds is 7. The van der Waals surface area contributed by atoms with Gasteiger partial charge in [-0.25, -0.2) is 18.5 Å². The van der Waals surface area contributed by atoms with Gasteiger partial charge >= 0.3 is 0 Å². The summed E-state index contributed by atoms with van der Waals surface area (Å²) < 4.78 is 58.4. The first-order valence-electron chi connectivity index (χ1n) is 9.15. The summed E-state index contributed by atoms with van der Waals surface area (Å²) in [5.41, 5.74) is 0.992. The molecule has 2 heterocycles. The Morgan fingerprint density at radius 2 is 2.13 bits per heavy atom. The molecule has 7 nitrogen and oxygen atoms in total. The van der Waals surface area contributed by atoms with Crippen molar-refractivity contribution in [1.82, 2.24) is 19.9 Å². The zero-order chi connectivity index (χ0) is 22.1. The van der Waals surface area contributed by atoms with E-state index in [0.717, 1.165) is 16.8 Å². The van der Waals surface area contributed by atoms with Crippen LogP contribution in [0.1, 0.15) is 18.2 Å². The predicted octanol–water partition coefficient (Wildman–Crippen LogP) is 4.36. The molecule has 0 aliphatic carbocycles. The van der Waals surface area contributed by atoms with E-state index in [1.165, 1.54) is 13.2 Å². The van der Waals surface area contributed by atoms with Crippen LogP contribution in [0, 0.1) is 5.82 Å². The summed E-state index contributed by atoms with van der Waals surface area (Å²) in [4.78, 5) is 4.30. The van der Waals surface area contributed by atoms with Crippen molar-refractivity contribution in [3.05, 3.63) is 53.1 Å². The van der Waals surface area contributed by atoms with Crippen LogP contribution >= 0.6 is 11.6 Å². The van der Waals surface area contributed by atoms with Gasteiger partial charge in [-0.15, -0.1) is 0 Å². The number of methoxy groups -OCH3 is 1. The van der Waals surface area contributed by atoms with Crippen molar-refractivity contribution in [2.24, 2.45) is 0 Å². The summed E-state index contributed by atoms with van der Waals surface area (Å²) in [7, 11) is 1.45. The number of ether oxygens (including phenoxy) is 1. The standard InChI is InChI=1S/C20H17ClF2N4O3S/c1-30-17-7-12-10(8-24-20-14(12)9-25-27-20)6-13(17)18-16(23)3-2-11(19(18)21)15(22)4-5-26-31(28)29/h2-3,6-9,15,26H,4-5H2,1H3,(H,28,29)(H,24,25,27)/p-1. The number of aromatic nitrogens is 3. The molecule has 0 spiro atoms. The number of fused-ring (bicyclic) bond motifs is 3. The van der Waals surface area contributed by atoms with Crippen molar-refractivity contribution in [3.8, 4) is 16.9 Å². The largest absolute Gasteiger partial charge is 0.760 e. The zero-order valence-electron chi connectivity index (χ0n) is 16.1. The fourth-order valence-electron chi connectivity index (χ4n) is 3.49. The maximum absolute atomic E-state index is 14.9. The van der Waals surface area contributed by atoms with Crippen molar-refractivity contribution in [1.29, 1.82) is 0 Å². The fraction of sp³-hybridized carbons (Fsp3) is 0.200. The Bertz CT molecular complexity index is 1300. The van der Waals surface area contributed by atoms with Gasteiger partial charge < -0.3 is 9.29 Å². The summed E-state index contributed by atoms with van der Waals surface area (Å²) in [5.74, 6) is -0.298. The van der Waals surface area contributed by atoms with Gasteiger partial charge in [0.25, 0.3) is 0 Å². The first-order valence-corrected chi connectivity index (χ1v) is 10.6. The summed E-state index contributed by atoms with van der Waals surface area (Å²) >= 11 is 3.94. The normalized spacial score (nSPS) is 13.6. The van der Waals surface area contributed by atoms with E-state index >= 15 is 0 Å². The molecule has 2 atom stereocenters. The van der Waals surface area contributed by atoms with E-state index in [2.05, 4.69) is 19.9 Å². The number of halogens is 3. The van der Waals surface area contributed by atoms with Crippen LogP contribution < -0.4 is 9.46 Å².